The molecule has 3 aliphatic rings. The fourth-order valence-electron chi connectivity index (χ4n) is 8.56. The molecule has 2 aromatic carbocycles. The van der Waals surface area contributed by atoms with Gasteiger partial charge in [0, 0.05) is 69.7 Å². The molecule has 0 radical (unpaired) electrons. The van der Waals surface area contributed by atoms with Crippen molar-refractivity contribution in [3.05, 3.63) is 81.9 Å². The summed E-state index contributed by atoms with van der Waals surface area (Å²) in [5.41, 5.74) is 3.64. The minimum absolute atomic E-state index is 0.0360. The Kier molecular flexibility index (Phi) is 11.0. The van der Waals surface area contributed by atoms with E-state index in [1.807, 2.05) is 30.9 Å². The summed E-state index contributed by atoms with van der Waals surface area (Å²) in [6, 6.07) is 13.6. The van der Waals surface area contributed by atoms with E-state index in [4.69, 9.17) is 14.7 Å². The number of hydrogen-bond acceptors (Lipinski definition) is 15. The second-order valence-electron chi connectivity index (χ2n) is 17.1. The zero-order chi connectivity index (χ0) is 44.4. The summed E-state index contributed by atoms with van der Waals surface area (Å²) in [4.78, 5) is 50.2. The van der Waals surface area contributed by atoms with E-state index in [0.717, 1.165) is 25.9 Å². The van der Waals surface area contributed by atoms with E-state index < -0.39 is 19.7 Å². The molecule has 1 saturated carbocycles. The van der Waals surface area contributed by atoms with Crippen molar-refractivity contribution in [1.82, 2.24) is 29.1 Å². The largest absolute Gasteiger partial charge is 0.378 e. The van der Waals surface area contributed by atoms with E-state index in [-0.39, 0.29) is 55.9 Å². The fraction of sp³-hybridized carbons (Fsp3) is 0.409. The van der Waals surface area contributed by atoms with Gasteiger partial charge in [-0.15, -0.1) is 0 Å². The van der Waals surface area contributed by atoms with Crippen LogP contribution in [0.1, 0.15) is 33.1 Å². The first-order valence-electron chi connectivity index (χ1n) is 21.1. The Morgan fingerprint density at radius 2 is 1.30 bits per heavy atom. The first kappa shape index (κ1) is 42.4. The minimum Gasteiger partial charge on any atom is -0.378 e. The Hall–Kier alpha value is -5.92. The Morgan fingerprint density at radius 1 is 0.730 bits per heavy atom. The molecule has 4 aromatic heterocycles. The molecule has 63 heavy (non-hydrogen) atoms. The normalized spacial score (nSPS) is 18.1. The van der Waals surface area contributed by atoms with Crippen molar-refractivity contribution in [2.24, 2.45) is 20.0 Å². The molecule has 17 nitrogen and oxygen atoms in total. The topological polar surface area (TPSA) is 204 Å². The predicted octanol–water partition coefficient (Wildman–Crippen LogP) is 4.24. The maximum absolute atomic E-state index is 14.7. The van der Waals surface area contributed by atoms with E-state index in [9.17, 15) is 26.4 Å². The highest BCUT2D eigenvalue weighted by Gasteiger charge is 2.42. The minimum atomic E-state index is -3.90. The van der Waals surface area contributed by atoms with Crippen LogP contribution in [-0.4, -0.2) is 109 Å². The van der Waals surface area contributed by atoms with E-state index in [1.165, 1.54) is 28.0 Å². The summed E-state index contributed by atoms with van der Waals surface area (Å²) in [6.45, 7) is 7.35. The quantitative estimate of drug-likeness (QED) is 0.177. The number of fused-ring (bicyclic) bond motifs is 2. The molecule has 6 heterocycles. The Morgan fingerprint density at radius 3 is 1.92 bits per heavy atom. The van der Waals surface area contributed by atoms with Gasteiger partial charge in [0.25, 0.3) is 11.1 Å². The summed E-state index contributed by atoms with van der Waals surface area (Å²) >= 11 is 0. The summed E-state index contributed by atoms with van der Waals surface area (Å²) < 4.78 is 63.4. The number of sulfone groups is 2. The molecule has 0 bridgehead atoms. The lowest BCUT2D eigenvalue weighted by Gasteiger charge is -2.30. The molecule has 2 saturated heterocycles. The molecule has 2 unspecified atom stereocenters. The van der Waals surface area contributed by atoms with E-state index in [2.05, 4.69) is 25.5 Å². The average Bonchev–Trinajstić information content (AvgIpc) is 3.71. The zero-order valence-electron chi connectivity index (χ0n) is 35.8. The highest BCUT2D eigenvalue weighted by atomic mass is 32.2. The van der Waals surface area contributed by atoms with Gasteiger partial charge in [-0.2, -0.15) is 0 Å². The molecule has 2 atom stereocenters. The van der Waals surface area contributed by atoms with Crippen molar-refractivity contribution < 1.29 is 21.6 Å². The number of morpholine rings is 1. The average molecular weight is 895 g/mol. The van der Waals surface area contributed by atoms with Gasteiger partial charge in [-0.1, -0.05) is 12.1 Å². The first-order chi connectivity index (χ1) is 30.1. The number of aromatic nitrogens is 6. The maximum atomic E-state index is 14.7. The third kappa shape index (κ3) is 8.36. The number of aryl methyl sites for hydroxylation is 2. The molecule has 19 heteroatoms. The number of anilines is 4. The fourth-order valence-corrected chi connectivity index (χ4v) is 11.4. The van der Waals surface area contributed by atoms with Gasteiger partial charge in [-0.3, -0.25) is 9.59 Å². The number of nitrogens with one attached hydrogen (secondary N) is 2. The third-order valence-corrected chi connectivity index (χ3v) is 15.0. The molecule has 2 aliphatic heterocycles. The van der Waals surface area contributed by atoms with Crippen LogP contribution in [0.3, 0.4) is 0 Å². The molecule has 2 N–H and O–H groups in total. The Balaban J connectivity index is 1.05. The van der Waals surface area contributed by atoms with Crippen LogP contribution in [0.2, 0.25) is 0 Å². The second-order valence-corrected chi connectivity index (χ2v) is 21.1. The Bertz CT molecular complexity index is 3140. The predicted molar refractivity (Wildman–Crippen MR) is 244 cm³/mol. The third-order valence-electron chi connectivity index (χ3n) is 12.0. The van der Waals surface area contributed by atoms with Gasteiger partial charge in [-0.25, -0.2) is 36.8 Å². The van der Waals surface area contributed by atoms with Crippen molar-refractivity contribution in [3.8, 4) is 22.5 Å². The highest BCUT2D eigenvalue weighted by molar-refractivity contribution is 7.91. The van der Waals surface area contributed by atoms with Gasteiger partial charge in [0.05, 0.1) is 75.2 Å². The van der Waals surface area contributed by atoms with E-state index in [1.54, 1.807) is 50.5 Å². The van der Waals surface area contributed by atoms with Crippen molar-refractivity contribution in [2.75, 3.05) is 71.8 Å². The van der Waals surface area contributed by atoms with Crippen molar-refractivity contribution >= 4 is 64.5 Å². The van der Waals surface area contributed by atoms with Gasteiger partial charge in [0.15, 0.2) is 19.7 Å². The SMILES string of the molecule is CC(C)Nc1nc(-c2ccc(N3CCCC3)c(S(=O)(=O)CC3CC3Nc3nc(-c4ccc(S(C)(=O)=O)c(N5CCOCC5)c4)cc4ncn(C)c(=O)c34)c2)cc2ncn(C)c(=O)c12. The van der Waals surface area contributed by atoms with Crippen molar-refractivity contribution in [2.45, 2.75) is 55.0 Å². The van der Waals surface area contributed by atoms with Gasteiger partial charge < -0.3 is 34.3 Å². The monoisotopic (exact) mass is 894 g/mol. The molecular formula is C44H50N10O7S2. The van der Waals surface area contributed by atoms with Crippen molar-refractivity contribution in [3.63, 3.8) is 0 Å². The van der Waals surface area contributed by atoms with Gasteiger partial charge in [-0.05, 0) is 75.4 Å². The maximum Gasteiger partial charge on any atom is 0.264 e. The molecule has 3 fully saturated rings. The lowest BCUT2D eigenvalue weighted by Crippen LogP contribution is -2.37. The summed E-state index contributed by atoms with van der Waals surface area (Å²) in [5, 5.41) is 7.32. The Labute approximate surface area is 365 Å². The van der Waals surface area contributed by atoms with Gasteiger partial charge in [0.1, 0.15) is 22.4 Å². The zero-order valence-corrected chi connectivity index (χ0v) is 37.5. The lowest BCUT2D eigenvalue weighted by molar-refractivity contribution is 0.122. The molecule has 330 valence electrons. The van der Waals surface area contributed by atoms with Crippen LogP contribution in [0.25, 0.3) is 44.3 Å². The lowest BCUT2D eigenvalue weighted by atomic mass is 10.1. The molecule has 1 aliphatic carbocycles. The molecular weight excluding hydrogens is 845 g/mol. The number of hydrogen-bond donors (Lipinski definition) is 2. The van der Waals surface area contributed by atoms with Crippen molar-refractivity contribution in [1.29, 1.82) is 0 Å². The number of benzene rings is 2. The second kappa shape index (κ2) is 16.3. The molecule has 9 rings (SSSR count). The van der Waals surface area contributed by atoms with E-state index in [0.29, 0.717) is 88.9 Å². The molecule has 0 spiro atoms. The van der Waals surface area contributed by atoms with Crippen LogP contribution in [0.15, 0.2) is 80.6 Å². The van der Waals surface area contributed by atoms with Crippen LogP contribution in [0.4, 0.5) is 23.0 Å². The van der Waals surface area contributed by atoms with E-state index >= 15 is 0 Å². The number of rotatable bonds is 12. The van der Waals surface area contributed by atoms with Crippen LogP contribution in [0, 0.1) is 5.92 Å². The standard InChI is InChI=1S/C44H50N10O7S2/c1-26(2)47-41-39-33(45-24-51(3)43(39)55)22-32(49-41)28-8-10-35(53-12-6-7-13-53)38(20-28)63(59,60)23-29-18-30(29)48-42-40-34(46-25-52(4)44(40)56)21-31(50-42)27-9-11-37(62(5,57)58)36(19-27)54-14-16-61-17-15-54/h8-11,19-22,24-26,29-30H,6-7,12-18,23H2,1-5H3,(H,47,49)(H,48,50). The molecule has 6 aromatic rings. The summed E-state index contributed by atoms with van der Waals surface area (Å²) in [5.74, 6) is 0.207. The van der Waals surface area contributed by atoms with Crippen LogP contribution in [-0.2, 0) is 38.5 Å². The number of nitrogens with zero attached hydrogens (tertiary/aromatic N) is 8. The number of ether oxygens (including phenoxy) is 1. The van der Waals surface area contributed by atoms with Crippen LogP contribution >= 0.6 is 0 Å². The smallest absolute Gasteiger partial charge is 0.264 e. The van der Waals surface area contributed by atoms with Gasteiger partial charge in [0.2, 0.25) is 0 Å². The summed E-state index contributed by atoms with van der Waals surface area (Å²) in [6.07, 6.45) is 6.52. The van der Waals surface area contributed by atoms with Gasteiger partial charge >= 0.3 is 0 Å². The first-order valence-corrected chi connectivity index (χ1v) is 24.7. The summed E-state index contributed by atoms with van der Waals surface area (Å²) in [7, 11) is -4.23. The highest BCUT2D eigenvalue weighted by Crippen LogP contribution is 2.41. The van der Waals surface area contributed by atoms with Crippen LogP contribution < -0.4 is 31.6 Å². The molecule has 0 amide bonds. The van der Waals surface area contributed by atoms with Crippen LogP contribution in [0.5, 0.6) is 0 Å². The number of pyridine rings is 2.